The Bertz CT molecular complexity index is 1490. The van der Waals surface area contributed by atoms with Crippen molar-refractivity contribution in [2.75, 3.05) is 37.5 Å². The Morgan fingerprint density at radius 1 is 0.905 bits per heavy atom. The number of carbonyl (C=O) groups excluding carboxylic acids is 2. The van der Waals surface area contributed by atoms with Gasteiger partial charge < -0.3 is 14.5 Å². The van der Waals surface area contributed by atoms with Crippen molar-refractivity contribution in [3.05, 3.63) is 77.6 Å². The summed E-state index contributed by atoms with van der Waals surface area (Å²) in [4.78, 5) is 34.9. The zero-order valence-corrected chi connectivity index (χ0v) is 25.7. The number of sulfone groups is 1. The molecule has 2 aromatic carbocycles. The summed E-state index contributed by atoms with van der Waals surface area (Å²) in [6.07, 6.45) is 8.03. The Morgan fingerprint density at radius 3 is 2.40 bits per heavy atom. The van der Waals surface area contributed by atoms with Crippen molar-refractivity contribution in [3.63, 3.8) is 0 Å². The number of aryl methyl sites for hydroxylation is 2. The van der Waals surface area contributed by atoms with Crippen LogP contribution in [-0.2, 0) is 30.7 Å². The van der Waals surface area contributed by atoms with Gasteiger partial charge in [-0.3, -0.25) is 14.6 Å². The van der Waals surface area contributed by atoms with Gasteiger partial charge in [-0.25, -0.2) is 8.42 Å². The van der Waals surface area contributed by atoms with Crippen LogP contribution in [0.4, 0.5) is 5.69 Å². The van der Waals surface area contributed by atoms with E-state index >= 15 is 0 Å². The zero-order chi connectivity index (χ0) is 30.1. The quantitative estimate of drug-likeness (QED) is 0.360. The second-order valence-electron chi connectivity index (χ2n) is 11.0. The highest BCUT2D eigenvalue weighted by Crippen LogP contribution is 2.30. The summed E-state index contributed by atoms with van der Waals surface area (Å²) < 4.78 is 31.7. The third-order valence-electron chi connectivity index (χ3n) is 7.72. The molecule has 2 heterocycles. The number of amides is 2. The average Bonchev–Trinajstić information content (AvgIpc) is 2.98. The second-order valence-corrected chi connectivity index (χ2v) is 13.1. The van der Waals surface area contributed by atoms with Gasteiger partial charge in [0, 0.05) is 51.2 Å². The maximum absolute atomic E-state index is 13.7. The van der Waals surface area contributed by atoms with Crippen LogP contribution >= 0.6 is 0 Å². The molecule has 0 atom stereocenters. The van der Waals surface area contributed by atoms with Crippen molar-refractivity contribution < 1.29 is 22.7 Å². The van der Waals surface area contributed by atoms with E-state index in [1.54, 1.807) is 41.2 Å². The standard InChI is InChI=1S/C33H41N3O5S/c1-25-11-12-26(2)31(20-25)42(39,40)19-15-32(37)35-17-7-5-4-6-8-18-36(33(38)24-41-3)30-14-13-27(21-29(30)23-35)28-10-9-16-34-22-28/h9-14,16,20-22H,4-8,15,17-19,23-24H2,1-3H3. The van der Waals surface area contributed by atoms with Crippen molar-refractivity contribution in [3.8, 4) is 11.1 Å². The van der Waals surface area contributed by atoms with E-state index in [1.165, 1.54) is 7.11 Å². The van der Waals surface area contributed by atoms with Crippen molar-refractivity contribution in [2.45, 2.75) is 63.8 Å². The van der Waals surface area contributed by atoms with Gasteiger partial charge in [0.2, 0.25) is 5.91 Å². The Labute approximate surface area is 249 Å². The number of ether oxygens (including phenoxy) is 1. The molecule has 0 saturated heterocycles. The van der Waals surface area contributed by atoms with Crippen molar-refractivity contribution in [2.24, 2.45) is 0 Å². The minimum absolute atomic E-state index is 0.0390. The molecule has 0 fully saturated rings. The van der Waals surface area contributed by atoms with E-state index < -0.39 is 9.84 Å². The lowest BCUT2D eigenvalue weighted by atomic mass is 10.0. The number of anilines is 1. The summed E-state index contributed by atoms with van der Waals surface area (Å²) in [5, 5.41) is 0. The highest BCUT2D eigenvalue weighted by Gasteiger charge is 2.25. The van der Waals surface area contributed by atoms with E-state index in [4.69, 9.17) is 4.74 Å². The highest BCUT2D eigenvalue weighted by molar-refractivity contribution is 7.91. The minimum Gasteiger partial charge on any atom is -0.375 e. The molecule has 9 heteroatoms. The summed E-state index contributed by atoms with van der Waals surface area (Å²) in [6.45, 7) is 4.94. The highest BCUT2D eigenvalue weighted by atomic mass is 32.2. The molecular weight excluding hydrogens is 550 g/mol. The molecule has 8 nitrogen and oxygen atoms in total. The van der Waals surface area contributed by atoms with Crippen LogP contribution < -0.4 is 4.90 Å². The summed E-state index contributed by atoms with van der Waals surface area (Å²) in [5.41, 5.74) is 4.97. The maximum Gasteiger partial charge on any atom is 0.252 e. The molecular formula is C33H41N3O5S. The number of pyridine rings is 1. The first kappa shape index (κ1) is 31.4. The number of hydrogen-bond donors (Lipinski definition) is 0. The first-order chi connectivity index (χ1) is 20.2. The van der Waals surface area contributed by atoms with Gasteiger partial charge in [-0.1, -0.05) is 43.5 Å². The molecule has 4 rings (SSSR count). The van der Waals surface area contributed by atoms with Crippen molar-refractivity contribution in [1.29, 1.82) is 0 Å². The van der Waals surface area contributed by atoms with Gasteiger partial charge in [0.15, 0.2) is 9.84 Å². The van der Waals surface area contributed by atoms with E-state index in [1.807, 2.05) is 43.3 Å². The van der Waals surface area contributed by atoms with Gasteiger partial charge in [-0.2, -0.15) is 0 Å². The fourth-order valence-corrected chi connectivity index (χ4v) is 6.99. The predicted octanol–water partition coefficient (Wildman–Crippen LogP) is 5.50. The first-order valence-corrected chi connectivity index (χ1v) is 16.3. The van der Waals surface area contributed by atoms with Gasteiger partial charge in [0.25, 0.3) is 5.91 Å². The number of fused-ring (bicyclic) bond motifs is 1. The van der Waals surface area contributed by atoms with Gasteiger partial charge in [0.1, 0.15) is 6.61 Å². The Balaban J connectivity index is 1.67. The number of methoxy groups -OCH3 is 1. The second kappa shape index (κ2) is 14.6. The van der Waals surface area contributed by atoms with Gasteiger partial charge in [0.05, 0.1) is 10.6 Å². The average molecular weight is 592 g/mol. The molecule has 0 aliphatic carbocycles. The van der Waals surface area contributed by atoms with E-state index in [0.717, 1.165) is 60.0 Å². The first-order valence-electron chi connectivity index (χ1n) is 14.6. The summed E-state index contributed by atoms with van der Waals surface area (Å²) in [5.74, 6) is -0.607. The van der Waals surface area contributed by atoms with Crippen LogP contribution in [0.5, 0.6) is 0 Å². The van der Waals surface area contributed by atoms with Crippen LogP contribution in [0, 0.1) is 13.8 Å². The molecule has 224 valence electrons. The third-order valence-corrected chi connectivity index (χ3v) is 9.57. The monoisotopic (exact) mass is 591 g/mol. The molecule has 1 aliphatic heterocycles. The molecule has 0 N–H and O–H groups in total. The molecule has 0 bridgehead atoms. The van der Waals surface area contributed by atoms with E-state index in [9.17, 15) is 18.0 Å². The Hall–Kier alpha value is -3.56. The molecule has 1 aliphatic rings. The lowest BCUT2D eigenvalue weighted by Gasteiger charge is -2.30. The smallest absolute Gasteiger partial charge is 0.252 e. The largest absolute Gasteiger partial charge is 0.375 e. The lowest BCUT2D eigenvalue weighted by Crippen LogP contribution is -2.37. The topological polar surface area (TPSA) is 96.9 Å². The summed E-state index contributed by atoms with van der Waals surface area (Å²) >= 11 is 0. The number of rotatable bonds is 7. The van der Waals surface area contributed by atoms with Crippen LogP contribution in [0.2, 0.25) is 0 Å². The number of aromatic nitrogens is 1. The third kappa shape index (κ3) is 8.04. The normalized spacial score (nSPS) is 14.9. The van der Waals surface area contributed by atoms with Crippen LogP contribution in [0.25, 0.3) is 11.1 Å². The van der Waals surface area contributed by atoms with Crippen LogP contribution in [0.3, 0.4) is 0 Å². The summed E-state index contributed by atoms with van der Waals surface area (Å²) in [7, 11) is -2.13. The molecule has 0 spiro atoms. The number of nitrogens with zero attached hydrogens (tertiary/aromatic N) is 3. The van der Waals surface area contributed by atoms with E-state index in [0.29, 0.717) is 18.7 Å². The molecule has 3 aromatic rings. The van der Waals surface area contributed by atoms with Crippen molar-refractivity contribution >= 4 is 27.3 Å². The zero-order valence-electron chi connectivity index (χ0n) is 24.8. The van der Waals surface area contributed by atoms with Crippen molar-refractivity contribution in [1.82, 2.24) is 9.88 Å². The Kier molecular flexibility index (Phi) is 10.9. The fraction of sp³-hybridized carbons (Fsp3) is 0.424. The molecule has 0 unspecified atom stereocenters. The maximum atomic E-state index is 13.7. The van der Waals surface area contributed by atoms with E-state index in [-0.39, 0.29) is 42.0 Å². The fourth-order valence-electron chi connectivity index (χ4n) is 5.40. The Morgan fingerprint density at radius 2 is 1.67 bits per heavy atom. The lowest BCUT2D eigenvalue weighted by molar-refractivity contribution is -0.131. The van der Waals surface area contributed by atoms with Crippen LogP contribution in [0.15, 0.2) is 65.8 Å². The van der Waals surface area contributed by atoms with Gasteiger partial charge in [-0.05, 0) is 78.8 Å². The number of carbonyl (C=O) groups is 2. The molecule has 2 amide bonds. The van der Waals surface area contributed by atoms with E-state index in [2.05, 4.69) is 4.98 Å². The van der Waals surface area contributed by atoms with Crippen LogP contribution in [0.1, 0.15) is 55.2 Å². The molecule has 0 saturated carbocycles. The molecule has 42 heavy (non-hydrogen) atoms. The number of hydrogen-bond acceptors (Lipinski definition) is 6. The number of benzene rings is 2. The molecule has 0 radical (unpaired) electrons. The SMILES string of the molecule is COCC(=O)N1CCCCCCCN(C(=O)CCS(=O)(=O)c2cc(C)ccc2C)Cc2cc(-c3cccnc3)ccc21. The predicted molar refractivity (Wildman–Crippen MR) is 165 cm³/mol. The van der Waals surface area contributed by atoms with Crippen LogP contribution in [-0.4, -0.2) is 62.7 Å². The van der Waals surface area contributed by atoms with Gasteiger partial charge in [-0.15, -0.1) is 0 Å². The summed E-state index contributed by atoms with van der Waals surface area (Å²) in [6, 6.07) is 15.1. The minimum atomic E-state index is -3.64. The molecule has 1 aromatic heterocycles. The van der Waals surface area contributed by atoms with Gasteiger partial charge >= 0.3 is 0 Å².